The van der Waals surface area contributed by atoms with Crippen molar-refractivity contribution in [3.8, 4) is 5.88 Å². The molecule has 1 aliphatic heterocycles. The van der Waals surface area contributed by atoms with Gasteiger partial charge in [-0.15, -0.1) is 0 Å². The van der Waals surface area contributed by atoms with Crippen molar-refractivity contribution in [3.05, 3.63) is 58.7 Å². The number of aromatic nitrogens is 1. The fraction of sp³-hybridized carbons (Fsp3) is 0. The molecule has 0 atom stereocenters. The predicted octanol–water partition coefficient (Wildman–Crippen LogP) is 2.00. The summed E-state index contributed by atoms with van der Waals surface area (Å²) in [5, 5.41) is 11.9. The molecule has 0 fully saturated rings. The van der Waals surface area contributed by atoms with E-state index < -0.39 is 6.03 Å². The number of fused-ring (bicyclic) bond motifs is 2. The molecule has 2 amide bonds. The molecule has 0 radical (unpaired) electrons. The van der Waals surface area contributed by atoms with E-state index in [1.165, 1.54) is 0 Å². The summed E-state index contributed by atoms with van der Waals surface area (Å²) in [7, 11) is 0. The highest BCUT2D eigenvalue weighted by Gasteiger charge is 2.08. The van der Waals surface area contributed by atoms with Crippen molar-refractivity contribution in [1.82, 2.24) is 4.98 Å². The predicted molar refractivity (Wildman–Crippen MR) is 81.4 cm³/mol. The monoisotopic (exact) mass is 290 g/mol. The van der Waals surface area contributed by atoms with Gasteiger partial charge in [-0.2, -0.15) is 9.98 Å². The first-order chi connectivity index (χ1) is 10.7. The number of aliphatic imine (C=N–C) groups is 1. The first-order valence-corrected chi connectivity index (χ1v) is 6.66. The van der Waals surface area contributed by atoms with E-state index in [1.54, 1.807) is 24.4 Å². The fourth-order valence-corrected chi connectivity index (χ4v) is 2.43. The van der Waals surface area contributed by atoms with Gasteiger partial charge in [0.2, 0.25) is 0 Å². The summed E-state index contributed by atoms with van der Waals surface area (Å²) < 4.78 is 0. The number of aromatic amines is 1. The molecule has 0 saturated carbocycles. The molecule has 2 aromatic carbocycles. The number of benzene rings is 2. The number of para-hydroxylation sites is 1. The topological polar surface area (TPSA) is 90.2 Å². The Kier molecular flexibility index (Phi) is 2.62. The normalized spacial score (nSPS) is 13.4. The smallest absolute Gasteiger partial charge is 0.368 e. The summed E-state index contributed by atoms with van der Waals surface area (Å²) in [4.78, 5) is 25.9. The van der Waals surface area contributed by atoms with Crippen molar-refractivity contribution in [2.75, 3.05) is 0 Å². The fourth-order valence-electron chi connectivity index (χ4n) is 2.43. The first kappa shape index (κ1) is 12.5. The minimum Gasteiger partial charge on any atom is -0.494 e. The van der Waals surface area contributed by atoms with Crippen LogP contribution in [0.25, 0.3) is 10.9 Å². The van der Waals surface area contributed by atoms with Gasteiger partial charge in [0.15, 0.2) is 5.88 Å². The third kappa shape index (κ3) is 1.98. The lowest BCUT2D eigenvalue weighted by atomic mass is 10.2. The molecule has 0 saturated heterocycles. The average molecular weight is 290 g/mol. The molecule has 2 heterocycles. The summed E-state index contributed by atoms with van der Waals surface area (Å²) in [6.07, 6.45) is 1.59. The lowest BCUT2D eigenvalue weighted by molar-refractivity contribution is 0.256. The largest absolute Gasteiger partial charge is 0.494 e. The second kappa shape index (κ2) is 4.63. The number of hydrogen-bond donors (Lipinski definition) is 2. The van der Waals surface area contributed by atoms with Crippen molar-refractivity contribution in [3.63, 3.8) is 0 Å². The number of amides is 2. The molecule has 3 aromatic rings. The molecular weight excluding hydrogens is 280 g/mol. The van der Waals surface area contributed by atoms with Crippen LogP contribution in [0.5, 0.6) is 5.88 Å². The molecule has 22 heavy (non-hydrogen) atoms. The molecule has 6 nitrogen and oxygen atoms in total. The van der Waals surface area contributed by atoms with Crippen LogP contribution in [0.15, 0.2) is 57.4 Å². The van der Waals surface area contributed by atoms with E-state index in [4.69, 9.17) is 0 Å². The van der Waals surface area contributed by atoms with Crippen LogP contribution < -0.4 is 10.7 Å². The third-order valence-corrected chi connectivity index (χ3v) is 3.46. The Hall–Kier alpha value is -3.28. The number of nitrogens with one attached hydrogen (secondary N) is 1. The Labute approximate surface area is 124 Å². The lowest BCUT2D eigenvalue weighted by Crippen LogP contribution is -2.20. The van der Waals surface area contributed by atoms with Crippen LogP contribution in [0.3, 0.4) is 0 Å². The Morgan fingerprint density at radius 2 is 1.91 bits per heavy atom. The van der Waals surface area contributed by atoms with Crippen LogP contribution in [0.1, 0.15) is 5.56 Å². The van der Waals surface area contributed by atoms with E-state index in [-0.39, 0.29) is 5.88 Å². The summed E-state index contributed by atoms with van der Waals surface area (Å²) in [5.41, 5.74) is 2.10. The number of nitrogens with zero attached hydrogens (tertiary/aromatic N) is 3. The van der Waals surface area contributed by atoms with Crippen LogP contribution in [0, 0.1) is 0 Å². The average Bonchev–Trinajstić information content (AvgIpc) is 3.03. The number of rotatable bonds is 2. The Morgan fingerprint density at radius 1 is 1.09 bits per heavy atom. The first-order valence-electron chi connectivity index (χ1n) is 6.66. The van der Waals surface area contributed by atoms with E-state index in [1.807, 2.05) is 24.3 Å². The van der Waals surface area contributed by atoms with E-state index in [0.29, 0.717) is 22.0 Å². The van der Waals surface area contributed by atoms with Gasteiger partial charge in [-0.05, 0) is 24.3 Å². The minimum atomic E-state index is -0.495. The molecule has 1 aliphatic rings. The zero-order valence-corrected chi connectivity index (χ0v) is 11.3. The summed E-state index contributed by atoms with van der Waals surface area (Å²) >= 11 is 0. The van der Waals surface area contributed by atoms with Crippen molar-refractivity contribution < 1.29 is 9.90 Å². The zero-order valence-electron chi connectivity index (χ0n) is 11.3. The molecule has 4 rings (SSSR count). The van der Waals surface area contributed by atoms with E-state index in [2.05, 4.69) is 20.0 Å². The van der Waals surface area contributed by atoms with Crippen LogP contribution in [-0.2, 0) is 0 Å². The molecule has 6 heteroatoms. The van der Waals surface area contributed by atoms with Gasteiger partial charge in [0, 0.05) is 17.1 Å². The van der Waals surface area contributed by atoms with Crippen molar-refractivity contribution in [2.45, 2.75) is 0 Å². The Bertz CT molecular complexity index is 1060. The number of hydrogen-bond acceptors (Lipinski definition) is 3. The molecule has 0 bridgehead atoms. The molecule has 1 aromatic heterocycles. The maximum Gasteiger partial charge on any atom is 0.368 e. The second-order valence-corrected chi connectivity index (χ2v) is 4.87. The van der Waals surface area contributed by atoms with Gasteiger partial charge in [0.25, 0.3) is 0 Å². The van der Waals surface area contributed by atoms with Gasteiger partial charge in [0.05, 0.1) is 22.0 Å². The third-order valence-electron chi connectivity index (χ3n) is 3.46. The maximum absolute atomic E-state index is 11.1. The number of aromatic hydroxyl groups is 1. The maximum atomic E-state index is 11.1. The quantitative estimate of drug-likeness (QED) is 0.707. The zero-order chi connectivity index (χ0) is 15.1. The second-order valence-electron chi connectivity index (χ2n) is 4.87. The number of carbonyl (C=O) groups excluding carboxylic acids is 1. The van der Waals surface area contributed by atoms with Gasteiger partial charge in [-0.25, -0.2) is 4.79 Å². The van der Waals surface area contributed by atoms with Gasteiger partial charge in [-0.3, -0.25) is 4.99 Å². The van der Waals surface area contributed by atoms with Crippen LogP contribution in [0.2, 0.25) is 0 Å². The molecule has 0 aliphatic carbocycles. The van der Waals surface area contributed by atoms with Crippen molar-refractivity contribution >= 4 is 28.8 Å². The summed E-state index contributed by atoms with van der Waals surface area (Å²) in [6, 6.07) is 12.2. The van der Waals surface area contributed by atoms with Gasteiger partial charge < -0.3 is 10.1 Å². The Balaban J connectivity index is 1.78. The Morgan fingerprint density at radius 3 is 2.82 bits per heavy atom. The van der Waals surface area contributed by atoms with E-state index >= 15 is 0 Å². The molecule has 106 valence electrons. The van der Waals surface area contributed by atoms with Gasteiger partial charge >= 0.3 is 6.03 Å². The van der Waals surface area contributed by atoms with Crippen LogP contribution in [0.4, 0.5) is 10.5 Å². The van der Waals surface area contributed by atoms with Gasteiger partial charge in [-0.1, -0.05) is 18.2 Å². The van der Waals surface area contributed by atoms with Crippen molar-refractivity contribution in [1.29, 1.82) is 0 Å². The highest BCUT2D eigenvalue weighted by atomic mass is 16.3. The van der Waals surface area contributed by atoms with Crippen LogP contribution >= 0.6 is 0 Å². The summed E-state index contributed by atoms with van der Waals surface area (Å²) in [5.74, 6) is 0.0703. The SMILES string of the molecule is O=C1N=c2ccc(N=Cc3c(O)[nH]c4ccccc34)cc2=N1. The van der Waals surface area contributed by atoms with Gasteiger partial charge in [0.1, 0.15) is 0 Å². The summed E-state index contributed by atoms with van der Waals surface area (Å²) in [6.45, 7) is 0. The number of urea groups is 1. The van der Waals surface area contributed by atoms with E-state index in [0.717, 1.165) is 10.9 Å². The molecular formula is C16H10N4O2. The van der Waals surface area contributed by atoms with Crippen LogP contribution in [-0.4, -0.2) is 22.3 Å². The number of H-pyrrole nitrogens is 1. The standard InChI is InChI=1S/C16H10N4O2/c21-15-11(10-3-1-2-4-12(10)18-15)8-17-9-5-6-13-14(7-9)20-16(22)19-13/h1-8,18,21H. The van der Waals surface area contributed by atoms with Crippen molar-refractivity contribution in [2.24, 2.45) is 15.0 Å². The molecule has 0 unspecified atom stereocenters. The molecule has 2 N–H and O–H groups in total. The highest BCUT2D eigenvalue weighted by molar-refractivity contribution is 6.02. The lowest BCUT2D eigenvalue weighted by Gasteiger charge is -1.93. The number of carbonyl (C=O) groups is 1. The minimum absolute atomic E-state index is 0.0703. The molecule has 0 spiro atoms. The highest BCUT2D eigenvalue weighted by Crippen LogP contribution is 2.25. The van der Waals surface area contributed by atoms with E-state index in [9.17, 15) is 9.90 Å².